The van der Waals surface area contributed by atoms with Gasteiger partial charge in [-0.15, -0.1) is 0 Å². The average molecular weight is 346 g/mol. The van der Waals surface area contributed by atoms with Crippen LogP contribution in [0.1, 0.15) is 48.7 Å². The summed E-state index contributed by atoms with van der Waals surface area (Å²) in [5.41, 5.74) is 2.57. The molecule has 0 saturated carbocycles. The molecule has 0 aliphatic carbocycles. The molecule has 0 aromatic heterocycles. The number of amides is 2. The summed E-state index contributed by atoms with van der Waals surface area (Å²) in [5, 5.41) is 0. The molecule has 1 aromatic carbocycles. The number of carbonyl (C=O) groups excluding carboxylic acids is 2. The van der Waals surface area contributed by atoms with Crippen LogP contribution >= 0.6 is 0 Å². The largest absolute Gasteiger partial charge is 0.496 e. The molecule has 0 radical (unpaired) electrons. The lowest BCUT2D eigenvalue weighted by Gasteiger charge is -2.36. The normalized spacial score (nSPS) is 15.3. The molecule has 1 heterocycles. The highest BCUT2D eigenvalue weighted by Gasteiger charge is 2.27. The smallest absolute Gasteiger partial charge is 0.254 e. The van der Waals surface area contributed by atoms with Crippen LogP contribution in [-0.2, 0) is 4.79 Å². The molecule has 1 aliphatic heterocycles. The van der Waals surface area contributed by atoms with E-state index in [2.05, 4.69) is 20.8 Å². The van der Waals surface area contributed by atoms with Crippen molar-refractivity contribution in [1.82, 2.24) is 9.80 Å². The molecular formula is C20H30N2O3. The Kier molecular flexibility index (Phi) is 5.76. The summed E-state index contributed by atoms with van der Waals surface area (Å²) in [5.74, 6) is 1.01. The number of piperazine rings is 1. The van der Waals surface area contributed by atoms with E-state index in [0.717, 1.165) is 16.9 Å². The van der Waals surface area contributed by atoms with Crippen molar-refractivity contribution >= 4 is 11.8 Å². The van der Waals surface area contributed by atoms with Gasteiger partial charge in [-0.25, -0.2) is 0 Å². The highest BCUT2D eigenvalue weighted by atomic mass is 16.5. The predicted octanol–water partition coefficient (Wildman–Crippen LogP) is 3.03. The fourth-order valence-corrected chi connectivity index (χ4v) is 3.13. The first kappa shape index (κ1) is 19.3. The number of aryl methyl sites for hydroxylation is 2. The molecule has 5 heteroatoms. The molecule has 5 nitrogen and oxygen atoms in total. The van der Waals surface area contributed by atoms with Gasteiger partial charge in [0.1, 0.15) is 5.75 Å². The first-order valence-electron chi connectivity index (χ1n) is 8.84. The van der Waals surface area contributed by atoms with Gasteiger partial charge in [-0.05, 0) is 42.5 Å². The number of hydrogen-bond acceptors (Lipinski definition) is 3. The molecule has 1 aromatic rings. The molecule has 1 fully saturated rings. The third-order valence-electron chi connectivity index (χ3n) is 4.57. The maximum Gasteiger partial charge on any atom is 0.254 e. The molecule has 0 bridgehead atoms. The fraction of sp³-hybridized carbons (Fsp3) is 0.600. The minimum Gasteiger partial charge on any atom is -0.496 e. The number of rotatable bonds is 3. The minimum atomic E-state index is -0.0121. The maximum absolute atomic E-state index is 12.9. The van der Waals surface area contributed by atoms with E-state index in [1.807, 2.05) is 35.8 Å². The van der Waals surface area contributed by atoms with Gasteiger partial charge < -0.3 is 14.5 Å². The second-order valence-electron chi connectivity index (χ2n) is 8.05. The summed E-state index contributed by atoms with van der Waals surface area (Å²) in [4.78, 5) is 28.9. The molecule has 0 spiro atoms. The van der Waals surface area contributed by atoms with Crippen LogP contribution in [0.3, 0.4) is 0 Å². The summed E-state index contributed by atoms with van der Waals surface area (Å²) in [6.07, 6.45) is 0.539. The van der Waals surface area contributed by atoms with E-state index in [-0.39, 0.29) is 17.2 Å². The Hall–Kier alpha value is -2.04. The van der Waals surface area contributed by atoms with Crippen LogP contribution in [0.2, 0.25) is 0 Å². The summed E-state index contributed by atoms with van der Waals surface area (Å²) >= 11 is 0. The van der Waals surface area contributed by atoms with E-state index in [1.165, 1.54) is 0 Å². The molecule has 0 N–H and O–H groups in total. The van der Waals surface area contributed by atoms with E-state index in [1.54, 1.807) is 7.11 Å². The number of carbonyl (C=O) groups is 2. The van der Waals surface area contributed by atoms with Gasteiger partial charge in [-0.1, -0.05) is 20.8 Å². The zero-order valence-electron chi connectivity index (χ0n) is 16.3. The fourth-order valence-electron chi connectivity index (χ4n) is 3.13. The van der Waals surface area contributed by atoms with Gasteiger partial charge in [-0.2, -0.15) is 0 Å². The molecule has 1 aliphatic rings. The molecule has 138 valence electrons. The Morgan fingerprint density at radius 2 is 1.56 bits per heavy atom. The maximum atomic E-state index is 12.9. The number of hydrogen-bond donors (Lipinski definition) is 0. The molecule has 1 saturated heterocycles. The second-order valence-corrected chi connectivity index (χ2v) is 8.05. The third-order valence-corrected chi connectivity index (χ3v) is 4.57. The van der Waals surface area contributed by atoms with Crippen LogP contribution in [-0.4, -0.2) is 54.9 Å². The van der Waals surface area contributed by atoms with Gasteiger partial charge in [0.2, 0.25) is 5.91 Å². The number of methoxy groups -OCH3 is 1. The van der Waals surface area contributed by atoms with Crippen LogP contribution < -0.4 is 4.74 Å². The number of ether oxygens (including phenoxy) is 1. The third kappa shape index (κ3) is 4.74. The lowest BCUT2D eigenvalue weighted by molar-refractivity contribution is -0.134. The van der Waals surface area contributed by atoms with Crippen LogP contribution in [0.15, 0.2) is 12.1 Å². The van der Waals surface area contributed by atoms with Gasteiger partial charge in [0.15, 0.2) is 0 Å². The van der Waals surface area contributed by atoms with E-state index in [0.29, 0.717) is 38.2 Å². The zero-order chi connectivity index (χ0) is 18.8. The van der Waals surface area contributed by atoms with Gasteiger partial charge in [-0.3, -0.25) is 9.59 Å². The van der Waals surface area contributed by atoms with Gasteiger partial charge >= 0.3 is 0 Å². The van der Waals surface area contributed by atoms with Crippen LogP contribution in [0.5, 0.6) is 5.75 Å². The summed E-state index contributed by atoms with van der Waals surface area (Å²) in [6.45, 7) is 12.5. The summed E-state index contributed by atoms with van der Waals surface area (Å²) in [6, 6.07) is 3.80. The lowest BCUT2D eigenvalue weighted by atomic mass is 9.91. The highest BCUT2D eigenvalue weighted by Crippen LogP contribution is 2.24. The molecule has 2 rings (SSSR count). The Morgan fingerprint density at radius 1 is 1.00 bits per heavy atom. The molecule has 0 unspecified atom stereocenters. The SMILES string of the molecule is COc1cc(C)c(C(=O)N2CCN(C(=O)CC(C)(C)C)CC2)cc1C. The highest BCUT2D eigenvalue weighted by molar-refractivity contribution is 5.96. The first-order valence-corrected chi connectivity index (χ1v) is 8.84. The van der Waals surface area contributed by atoms with Crippen LogP contribution in [0.25, 0.3) is 0 Å². The van der Waals surface area contributed by atoms with Gasteiger partial charge in [0, 0.05) is 38.2 Å². The van der Waals surface area contributed by atoms with Crippen molar-refractivity contribution in [3.8, 4) is 5.75 Å². The standard InChI is InChI=1S/C20H30N2O3/c1-14-12-17(25-6)15(2)11-16(14)19(24)22-9-7-21(8-10-22)18(23)13-20(3,4)5/h11-12H,7-10,13H2,1-6H3. The summed E-state index contributed by atoms with van der Waals surface area (Å²) < 4.78 is 5.32. The van der Waals surface area contributed by atoms with Crippen molar-refractivity contribution in [3.63, 3.8) is 0 Å². The quantitative estimate of drug-likeness (QED) is 0.845. The molecule has 25 heavy (non-hydrogen) atoms. The van der Waals surface area contributed by atoms with E-state index in [9.17, 15) is 9.59 Å². The van der Waals surface area contributed by atoms with Crippen molar-refractivity contribution in [2.75, 3.05) is 33.3 Å². The second kappa shape index (κ2) is 7.46. The van der Waals surface area contributed by atoms with E-state index < -0.39 is 0 Å². The van der Waals surface area contributed by atoms with E-state index >= 15 is 0 Å². The van der Waals surface area contributed by atoms with Crippen molar-refractivity contribution in [2.45, 2.75) is 41.0 Å². The Bertz CT molecular complexity index is 654. The topological polar surface area (TPSA) is 49.9 Å². The monoisotopic (exact) mass is 346 g/mol. The predicted molar refractivity (Wildman–Crippen MR) is 99.0 cm³/mol. The number of nitrogens with zero attached hydrogens (tertiary/aromatic N) is 2. The van der Waals surface area contributed by atoms with Crippen molar-refractivity contribution < 1.29 is 14.3 Å². The van der Waals surface area contributed by atoms with Gasteiger partial charge in [0.05, 0.1) is 7.11 Å². The Morgan fingerprint density at radius 3 is 2.08 bits per heavy atom. The first-order chi connectivity index (χ1) is 11.6. The van der Waals surface area contributed by atoms with Crippen LogP contribution in [0, 0.1) is 19.3 Å². The van der Waals surface area contributed by atoms with Crippen molar-refractivity contribution in [1.29, 1.82) is 0 Å². The molecule has 2 amide bonds. The summed E-state index contributed by atoms with van der Waals surface area (Å²) in [7, 11) is 1.64. The number of benzene rings is 1. The zero-order valence-corrected chi connectivity index (χ0v) is 16.3. The molecule has 0 atom stereocenters. The van der Waals surface area contributed by atoms with E-state index in [4.69, 9.17) is 4.74 Å². The molecular weight excluding hydrogens is 316 g/mol. The van der Waals surface area contributed by atoms with Gasteiger partial charge in [0.25, 0.3) is 5.91 Å². The minimum absolute atomic E-state index is 0.0121. The van der Waals surface area contributed by atoms with Crippen molar-refractivity contribution in [2.24, 2.45) is 5.41 Å². The lowest BCUT2D eigenvalue weighted by Crippen LogP contribution is -2.51. The Balaban J connectivity index is 2.02. The van der Waals surface area contributed by atoms with Crippen molar-refractivity contribution in [3.05, 3.63) is 28.8 Å². The Labute approximate surface area is 150 Å². The van der Waals surface area contributed by atoms with Crippen LogP contribution in [0.4, 0.5) is 0 Å². The average Bonchev–Trinajstić information content (AvgIpc) is 2.54.